The average Bonchev–Trinajstić information content (AvgIpc) is 1.55. The van der Waals surface area contributed by atoms with Crippen LogP contribution >= 0.6 is 0 Å². The van der Waals surface area contributed by atoms with Gasteiger partial charge in [-0.1, -0.05) is 110 Å². The lowest BCUT2D eigenvalue weighted by Gasteiger charge is -2.42. The Morgan fingerprint density at radius 3 is 0.917 bits per heavy atom. The molecule has 96 heavy (non-hydrogen) atoms. The van der Waals surface area contributed by atoms with Gasteiger partial charge in [0.15, 0.2) is 0 Å². The van der Waals surface area contributed by atoms with Crippen LogP contribution in [0.1, 0.15) is 419 Å². The molecule has 0 aromatic heterocycles. The first-order chi connectivity index (χ1) is 44.1. The highest BCUT2D eigenvalue weighted by molar-refractivity contribution is 5.78. The summed E-state index contributed by atoms with van der Waals surface area (Å²) in [7, 11) is 0. The van der Waals surface area contributed by atoms with Crippen LogP contribution in [0.4, 0.5) is 0 Å². The summed E-state index contributed by atoms with van der Waals surface area (Å²) >= 11 is 0. The van der Waals surface area contributed by atoms with Crippen molar-refractivity contribution in [2.24, 2.45) is 49.7 Å². The molecule has 0 aromatic carbocycles. The molecular formula is C84H156O12. The van der Waals surface area contributed by atoms with Crippen LogP contribution in [0, 0.1) is 49.7 Å². The van der Waals surface area contributed by atoms with E-state index in [1.807, 2.05) is 118 Å². The van der Waals surface area contributed by atoms with Gasteiger partial charge < -0.3 is 28.4 Å². The third-order valence-corrected chi connectivity index (χ3v) is 24.4. The van der Waals surface area contributed by atoms with Gasteiger partial charge in [-0.3, -0.25) is 28.8 Å². The second kappa shape index (κ2) is 38.7. The van der Waals surface area contributed by atoms with Crippen molar-refractivity contribution in [3.05, 3.63) is 0 Å². The monoisotopic (exact) mass is 1360 g/mol. The fourth-order valence-corrected chi connectivity index (χ4v) is 13.4. The maximum atomic E-state index is 12.3. The minimum Gasteiger partial charge on any atom is -0.459 e. The summed E-state index contributed by atoms with van der Waals surface area (Å²) in [5, 5.41) is 0. The highest BCUT2D eigenvalue weighted by Crippen LogP contribution is 2.49. The molecule has 0 amide bonds. The Kier molecular flexibility index (Phi) is 36.7. The fourth-order valence-electron chi connectivity index (χ4n) is 13.4. The van der Waals surface area contributed by atoms with E-state index in [-0.39, 0.29) is 107 Å². The minimum absolute atomic E-state index is 0.00185. The lowest BCUT2D eigenvalue weighted by Crippen LogP contribution is -2.47. The SMILES string of the molecule is CCC(C)(C)C(=O)OC1(C(C)(C)C)CCCC1.CCC(C)(C)C(=O)OC1(C(C)C)CCCC1.CCC(C)(C)C(=O)OC1(C)CCCC1.CCC(C)(C)C(=O)OC1(CC(C)C)CCCC1.CCC1(OC(=O)C(C)(C)CC)CCCC1.CCCCC1(OC(=O)C(C)(C)CC)CCCC1. The molecular weight excluding hydrogens is 1200 g/mol. The van der Waals surface area contributed by atoms with E-state index in [9.17, 15) is 28.8 Å². The van der Waals surface area contributed by atoms with Crippen LogP contribution in [-0.2, 0) is 57.2 Å². The van der Waals surface area contributed by atoms with Gasteiger partial charge in [0.1, 0.15) is 33.6 Å². The number of hydrogen-bond acceptors (Lipinski definition) is 12. The lowest BCUT2D eigenvalue weighted by molar-refractivity contribution is -0.183. The van der Waals surface area contributed by atoms with Gasteiger partial charge in [0.2, 0.25) is 0 Å². The highest BCUT2D eigenvalue weighted by Gasteiger charge is 2.50. The van der Waals surface area contributed by atoms with Crippen molar-refractivity contribution >= 4 is 35.8 Å². The standard InChI is InChI=1S/3C15H28O2.C14H26O2.C13H24O2.C12H22O2/c1-7-14(5,6)12(16)17-15(13(2,3)4)10-8-9-11-15;1-6-14(4,5)13(16)17-15(11-12(2)3)9-7-8-10-15;1-5-7-10-15(11-8-9-12-15)17-13(16)14(3,4)6-2;1-6-13(4,5)12(15)16-14(11(2)3)9-7-8-10-14;1-5-12(3,4)11(14)15-13(6-2)9-7-8-10-13;1-5-11(2,3)10(13)14-12(4)8-6-7-9-12/h7-11H2,1-6H3;12H,6-11H2,1-5H3;5-12H2,1-4H3;11H,6-10H2,1-5H3;5-10H2,1-4H3;5-9H2,1-4H3. The Labute approximate surface area is 592 Å². The van der Waals surface area contributed by atoms with Gasteiger partial charge in [0.05, 0.1) is 32.5 Å². The molecule has 0 saturated heterocycles. The second-order valence-electron chi connectivity index (χ2n) is 36.5. The van der Waals surface area contributed by atoms with Crippen LogP contribution in [0.25, 0.3) is 0 Å². The molecule has 0 aliphatic heterocycles. The molecule has 6 fully saturated rings. The molecule has 6 aliphatic carbocycles. The molecule has 6 aliphatic rings. The number of ether oxygens (including phenoxy) is 6. The predicted octanol–water partition coefficient (Wildman–Crippen LogP) is 24.0. The number of carbonyl (C=O) groups excluding carboxylic acids is 6. The van der Waals surface area contributed by atoms with Crippen LogP contribution in [-0.4, -0.2) is 69.4 Å². The van der Waals surface area contributed by atoms with Gasteiger partial charge >= 0.3 is 35.8 Å². The van der Waals surface area contributed by atoms with E-state index in [0.29, 0.717) is 11.8 Å². The zero-order valence-electron chi connectivity index (χ0n) is 68.3. The fraction of sp³-hybridized carbons (Fsp3) is 0.929. The second-order valence-corrected chi connectivity index (χ2v) is 36.5. The van der Waals surface area contributed by atoms with Crippen LogP contribution < -0.4 is 0 Å². The quantitative estimate of drug-likeness (QED) is 0.0630. The Morgan fingerprint density at radius 2 is 0.604 bits per heavy atom. The van der Waals surface area contributed by atoms with Gasteiger partial charge in [-0.25, -0.2) is 0 Å². The van der Waals surface area contributed by atoms with Crippen molar-refractivity contribution in [2.45, 2.75) is 452 Å². The Balaban J connectivity index is 0.000000577. The van der Waals surface area contributed by atoms with E-state index in [4.69, 9.17) is 28.4 Å². The van der Waals surface area contributed by atoms with Crippen LogP contribution in [0.3, 0.4) is 0 Å². The van der Waals surface area contributed by atoms with Crippen LogP contribution in [0.2, 0.25) is 0 Å². The number of unbranched alkanes of at least 4 members (excludes halogenated alkanes) is 1. The number of esters is 6. The molecule has 0 heterocycles. The van der Waals surface area contributed by atoms with E-state index >= 15 is 0 Å². The maximum Gasteiger partial charge on any atom is 0.312 e. The Morgan fingerprint density at radius 1 is 0.333 bits per heavy atom. The first kappa shape index (κ1) is 90.8. The smallest absolute Gasteiger partial charge is 0.312 e. The molecule has 0 aromatic rings. The lowest BCUT2D eigenvalue weighted by atomic mass is 9.74. The molecule has 0 spiro atoms. The summed E-state index contributed by atoms with van der Waals surface area (Å²) in [6.07, 6.45) is 37.2. The molecule has 0 unspecified atom stereocenters. The first-order valence-electron chi connectivity index (χ1n) is 39.5. The average molecular weight is 1360 g/mol. The van der Waals surface area contributed by atoms with Crippen molar-refractivity contribution in [3.8, 4) is 0 Å². The van der Waals surface area contributed by atoms with Gasteiger partial charge in [-0.05, 0) is 320 Å². The molecule has 0 radical (unpaired) electrons. The minimum atomic E-state index is -0.360. The molecule has 12 nitrogen and oxygen atoms in total. The van der Waals surface area contributed by atoms with Crippen molar-refractivity contribution in [2.75, 3.05) is 0 Å². The van der Waals surface area contributed by atoms with Crippen LogP contribution in [0.5, 0.6) is 0 Å². The van der Waals surface area contributed by atoms with Crippen molar-refractivity contribution in [3.63, 3.8) is 0 Å². The van der Waals surface area contributed by atoms with E-state index in [1.165, 1.54) is 89.9 Å². The number of carbonyl (C=O) groups is 6. The van der Waals surface area contributed by atoms with Gasteiger partial charge in [0.25, 0.3) is 0 Å². The summed E-state index contributed by atoms with van der Waals surface area (Å²) in [6, 6.07) is 0. The first-order valence-corrected chi connectivity index (χ1v) is 39.5. The van der Waals surface area contributed by atoms with Crippen LogP contribution in [0.15, 0.2) is 0 Å². The summed E-state index contributed by atoms with van der Waals surface area (Å²) in [6.45, 7) is 57.6. The van der Waals surface area contributed by atoms with E-state index < -0.39 is 0 Å². The third-order valence-electron chi connectivity index (χ3n) is 24.4. The van der Waals surface area contributed by atoms with Crippen molar-refractivity contribution < 1.29 is 57.2 Å². The zero-order valence-corrected chi connectivity index (χ0v) is 68.3. The predicted molar refractivity (Wildman–Crippen MR) is 397 cm³/mol. The van der Waals surface area contributed by atoms with E-state index in [0.717, 1.165) is 135 Å². The van der Waals surface area contributed by atoms with E-state index in [2.05, 4.69) is 76.2 Å². The number of hydrogen-bond donors (Lipinski definition) is 0. The summed E-state index contributed by atoms with van der Waals surface area (Å²) in [4.78, 5) is 72.7. The molecule has 12 heteroatoms. The highest BCUT2D eigenvalue weighted by atomic mass is 16.6. The summed E-state index contributed by atoms with van der Waals surface area (Å²) < 4.78 is 35.1. The molecule has 0 N–H and O–H groups in total. The third kappa shape index (κ3) is 27.6. The van der Waals surface area contributed by atoms with E-state index in [1.54, 1.807) is 0 Å². The molecule has 0 atom stereocenters. The van der Waals surface area contributed by atoms with Gasteiger partial charge in [-0.15, -0.1) is 0 Å². The maximum absolute atomic E-state index is 12.3. The van der Waals surface area contributed by atoms with Gasteiger partial charge in [-0.2, -0.15) is 0 Å². The summed E-state index contributed by atoms with van der Waals surface area (Å²) in [5.74, 6) is 0.887. The normalized spacial score (nSPS) is 20.1. The number of rotatable bonds is 25. The molecule has 6 rings (SSSR count). The molecule has 564 valence electrons. The zero-order chi connectivity index (χ0) is 74.1. The Hall–Kier alpha value is -3.18. The molecule has 0 bridgehead atoms. The largest absolute Gasteiger partial charge is 0.459 e. The Bertz CT molecular complexity index is 2300. The van der Waals surface area contributed by atoms with Gasteiger partial charge in [0, 0.05) is 5.41 Å². The summed E-state index contributed by atoms with van der Waals surface area (Å²) in [5.41, 5.74) is -3.01. The van der Waals surface area contributed by atoms with Crippen molar-refractivity contribution in [1.29, 1.82) is 0 Å². The van der Waals surface area contributed by atoms with Crippen molar-refractivity contribution in [1.82, 2.24) is 0 Å². The topological polar surface area (TPSA) is 158 Å². The molecule has 6 saturated carbocycles.